The maximum Gasteiger partial charge on any atom is 0.223 e. The van der Waals surface area contributed by atoms with Gasteiger partial charge in [0.2, 0.25) is 5.91 Å². The van der Waals surface area contributed by atoms with E-state index in [0.717, 1.165) is 23.3 Å². The number of rotatable bonds is 8. The van der Waals surface area contributed by atoms with Crippen LogP contribution in [0.2, 0.25) is 0 Å². The Bertz CT molecular complexity index is 411. The Morgan fingerprint density at radius 2 is 2.00 bits per heavy atom. The zero-order valence-corrected chi connectivity index (χ0v) is 12.6. The second kappa shape index (κ2) is 8.59. The molecule has 0 saturated heterocycles. The van der Waals surface area contributed by atoms with Crippen molar-refractivity contribution in [3.05, 3.63) is 29.3 Å². The van der Waals surface area contributed by atoms with Crippen LogP contribution in [-0.4, -0.2) is 30.3 Å². The predicted molar refractivity (Wildman–Crippen MR) is 80.0 cm³/mol. The molecule has 0 aliphatic heterocycles. The first-order valence-corrected chi connectivity index (χ1v) is 7.13. The highest BCUT2D eigenvalue weighted by molar-refractivity contribution is 5.76. The molecule has 0 heterocycles. The van der Waals surface area contributed by atoms with Crippen molar-refractivity contribution in [1.82, 2.24) is 5.32 Å². The van der Waals surface area contributed by atoms with Gasteiger partial charge in [-0.25, -0.2) is 0 Å². The fourth-order valence-corrected chi connectivity index (χ4v) is 2.09. The summed E-state index contributed by atoms with van der Waals surface area (Å²) in [5, 5.41) is 11.6. The summed E-state index contributed by atoms with van der Waals surface area (Å²) >= 11 is 0. The molecule has 112 valence electrons. The number of nitrogens with one attached hydrogen (secondary N) is 1. The Hall–Kier alpha value is -1.55. The minimum atomic E-state index is -0.0123. The van der Waals surface area contributed by atoms with Crippen LogP contribution in [0.4, 0.5) is 0 Å². The van der Waals surface area contributed by atoms with E-state index in [1.54, 1.807) is 0 Å². The fraction of sp³-hybridized carbons (Fsp3) is 0.562. The summed E-state index contributed by atoms with van der Waals surface area (Å²) in [6.45, 7) is 6.48. The Labute approximate surface area is 121 Å². The van der Waals surface area contributed by atoms with E-state index in [2.05, 4.69) is 5.32 Å². The second-order valence-electron chi connectivity index (χ2n) is 5.15. The standard InChI is InChI=1S/C16H25NO3/c1-12-6-4-7-13(2)16(12)20-11-9-15(19)17-14(3)8-5-10-18/h4,6-7,14,18H,5,8-11H2,1-3H3,(H,17,19). The van der Waals surface area contributed by atoms with Crippen molar-refractivity contribution < 1.29 is 14.6 Å². The summed E-state index contributed by atoms with van der Waals surface area (Å²) in [7, 11) is 0. The summed E-state index contributed by atoms with van der Waals surface area (Å²) in [5.74, 6) is 0.857. The lowest BCUT2D eigenvalue weighted by Gasteiger charge is -2.14. The van der Waals surface area contributed by atoms with Crippen molar-refractivity contribution in [2.75, 3.05) is 13.2 Å². The van der Waals surface area contributed by atoms with Gasteiger partial charge in [0.25, 0.3) is 0 Å². The average molecular weight is 279 g/mol. The number of carbonyl (C=O) groups excluding carboxylic acids is 1. The molecular formula is C16H25NO3. The van der Waals surface area contributed by atoms with Gasteiger partial charge in [-0.2, -0.15) is 0 Å². The van der Waals surface area contributed by atoms with E-state index in [1.807, 2.05) is 39.0 Å². The molecule has 0 aromatic heterocycles. The zero-order chi connectivity index (χ0) is 15.0. The summed E-state index contributed by atoms with van der Waals surface area (Å²) in [6.07, 6.45) is 1.84. The quantitative estimate of drug-likeness (QED) is 0.768. The monoisotopic (exact) mass is 279 g/mol. The first-order chi connectivity index (χ1) is 9.54. The molecule has 0 spiro atoms. The number of ether oxygens (including phenoxy) is 1. The molecular weight excluding hydrogens is 254 g/mol. The third kappa shape index (κ3) is 5.61. The van der Waals surface area contributed by atoms with Crippen molar-refractivity contribution in [1.29, 1.82) is 0 Å². The van der Waals surface area contributed by atoms with Gasteiger partial charge in [-0.3, -0.25) is 4.79 Å². The minimum Gasteiger partial charge on any atom is -0.493 e. The number of carbonyl (C=O) groups is 1. The van der Waals surface area contributed by atoms with Crippen molar-refractivity contribution in [3.8, 4) is 5.75 Å². The van der Waals surface area contributed by atoms with Crippen LogP contribution in [0.3, 0.4) is 0 Å². The molecule has 0 radical (unpaired) electrons. The van der Waals surface area contributed by atoms with E-state index < -0.39 is 0 Å². The van der Waals surface area contributed by atoms with E-state index in [9.17, 15) is 4.79 Å². The molecule has 1 atom stereocenters. The van der Waals surface area contributed by atoms with Crippen LogP contribution in [0.1, 0.15) is 37.3 Å². The Morgan fingerprint density at radius 1 is 1.35 bits per heavy atom. The second-order valence-corrected chi connectivity index (χ2v) is 5.15. The lowest BCUT2D eigenvalue weighted by Crippen LogP contribution is -2.33. The van der Waals surface area contributed by atoms with E-state index >= 15 is 0 Å². The smallest absolute Gasteiger partial charge is 0.223 e. The van der Waals surface area contributed by atoms with Gasteiger partial charge < -0.3 is 15.2 Å². The minimum absolute atomic E-state index is 0.0123. The maximum absolute atomic E-state index is 11.7. The van der Waals surface area contributed by atoms with Crippen LogP contribution in [0.15, 0.2) is 18.2 Å². The highest BCUT2D eigenvalue weighted by Crippen LogP contribution is 2.22. The molecule has 0 aliphatic rings. The number of hydrogen-bond acceptors (Lipinski definition) is 3. The van der Waals surface area contributed by atoms with E-state index in [0.29, 0.717) is 19.4 Å². The highest BCUT2D eigenvalue weighted by atomic mass is 16.5. The molecule has 1 unspecified atom stereocenters. The molecule has 0 aliphatic carbocycles. The number of aliphatic hydroxyl groups excluding tert-OH is 1. The Kier molecular flexibility index (Phi) is 7.09. The van der Waals surface area contributed by atoms with Crippen molar-refractivity contribution in [2.45, 2.75) is 46.1 Å². The first kappa shape index (κ1) is 16.5. The molecule has 0 saturated carbocycles. The average Bonchev–Trinajstić information content (AvgIpc) is 2.39. The normalized spacial score (nSPS) is 12.0. The van der Waals surface area contributed by atoms with Crippen LogP contribution in [-0.2, 0) is 4.79 Å². The van der Waals surface area contributed by atoms with E-state index in [4.69, 9.17) is 9.84 Å². The number of hydrogen-bond donors (Lipinski definition) is 2. The number of amides is 1. The summed E-state index contributed by atoms with van der Waals surface area (Å²) in [6, 6.07) is 6.08. The van der Waals surface area contributed by atoms with Gasteiger partial charge in [0, 0.05) is 12.6 Å². The van der Waals surface area contributed by atoms with Gasteiger partial charge in [0.05, 0.1) is 13.0 Å². The molecule has 0 fully saturated rings. The van der Waals surface area contributed by atoms with Gasteiger partial charge in [-0.15, -0.1) is 0 Å². The highest BCUT2D eigenvalue weighted by Gasteiger charge is 2.08. The van der Waals surface area contributed by atoms with Crippen molar-refractivity contribution in [2.24, 2.45) is 0 Å². The van der Waals surface area contributed by atoms with Crippen molar-refractivity contribution >= 4 is 5.91 Å². The van der Waals surface area contributed by atoms with Crippen LogP contribution in [0, 0.1) is 13.8 Å². The third-order valence-electron chi connectivity index (χ3n) is 3.19. The third-order valence-corrected chi connectivity index (χ3v) is 3.19. The lowest BCUT2D eigenvalue weighted by molar-refractivity contribution is -0.122. The van der Waals surface area contributed by atoms with Gasteiger partial charge in [-0.1, -0.05) is 18.2 Å². The molecule has 1 rings (SSSR count). The van der Waals surface area contributed by atoms with Gasteiger partial charge in [-0.05, 0) is 44.7 Å². The Morgan fingerprint density at radius 3 is 2.60 bits per heavy atom. The van der Waals surface area contributed by atoms with Crippen LogP contribution >= 0.6 is 0 Å². The molecule has 4 heteroatoms. The van der Waals surface area contributed by atoms with E-state index in [-0.39, 0.29) is 18.6 Å². The molecule has 4 nitrogen and oxygen atoms in total. The molecule has 1 aromatic rings. The van der Waals surface area contributed by atoms with Crippen LogP contribution in [0.5, 0.6) is 5.75 Å². The predicted octanol–water partition coefficient (Wildman–Crippen LogP) is 2.35. The van der Waals surface area contributed by atoms with Gasteiger partial charge in [0.15, 0.2) is 0 Å². The number of benzene rings is 1. The molecule has 1 aromatic carbocycles. The number of para-hydroxylation sites is 1. The van der Waals surface area contributed by atoms with E-state index in [1.165, 1.54) is 0 Å². The van der Waals surface area contributed by atoms with Gasteiger partial charge >= 0.3 is 0 Å². The number of aryl methyl sites for hydroxylation is 2. The van der Waals surface area contributed by atoms with Crippen LogP contribution < -0.4 is 10.1 Å². The fourth-order valence-electron chi connectivity index (χ4n) is 2.09. The zero-order valence-electron chi connectivity index (χ0n) is 12.6. The molecule has 0 bridgehead atoms. The first-order valence-electron chi connectivity index (χ1n) is 7.13. The lowest BCUT2D eigenvalue weighted by atomic mass is 10.1. The van der Waals surface area contributed by atoms with Crippen molar-refractivity contribution in [3.63, 3.8) is 0 Å². The maximum atomic E-state index is 11.7. The molecule has 1 amide bonds. The topological polar surface area (TPSA) is 58.6 Å². The molecule has 2 N–H and O–H groups in total. The number of aliphatic hydroxyl groups is 1. The largest absolute Gasteiger partial charge is 0.493 e. The molecule has 20 heavy (non-hydrogen) atoms. The van der Waals surface area contributed by atoms with Gasteiger partial charge in [0.1, 0.15) is 5.75 Å². The summed E-state index contributed by atoms with van der Waals surface area (Å²) in [5.41, 5.74) is 2.17. The SMILES string of the molecule is Cc1cccc(C)c1OCCC(=O)NC(C)CCCO. The summed E-state index contributed by atoms with van der Waals surface area (Å²) < 4.78 is 5.70. The summed E-state index contributed by atoms with van der Waals surface area (Å²) in [4.78, 5) is 11.7. The van der Waals surface area contributed by atoms with Crippen LogP contribution in [0.25, 0.3) is 0 Å². The Balaban J connectivity index is 2.32.